The fraction of sp³-hybridized carbons (Fsp3) is 0.300. The summed E-state index contributed by atoms with van der Waals surface area (Å²) in [5.74, 6) is -0.769. The molecule has 0 bridgehead atoms. The highest BCUT2D eigenvalue weighted by Crippen LogP contribution is 2.34. The first-order valence-corrected chi connectivity index (χ1v) is 13.5. The number of hydrogen-bond donors (Lipinski definition) is 4. The molecular weight excluding hydrogens is 516 g/mol. The van der Waals surface area contributed by atoms with Crippen molar-refractivity contribution in [1.29, 1.82) is 0 Å². The quantitative estimate of drug-likeness (QED) is 0.230. The van der Waals surface area contributed by atoms with E-state index in [1.807, 2.05) is 12.1 Å². The van der Waals surface area contributed by atoms with Crippen molar-refractivity contribution in [3.63, 3.8) is 0 Å². The summed E-state index contributed by atoms with van der Waals surface area (Å²) in [5.41, 5.74) is 10.0. The third-order valence-corrected chi connectivity index (χ3v) is 7.29. The minimum Gasteiger partial charge on any atom is -0.481 e. The fourth-order valence-electron chi connectivity index (χ4n) is 4.77. The number of halogens is 1. The molecule has 3 aromatic rings. The first kappa shape index (κ1) is 28.0. The molecule has 0 atom stereocenters. The summed E-state index contributed by atoms with van der Waals surface area (Å²) >= 11 is 6.15. The highest BCUT2D eigenvalue weighted by molar-refractivity contribution is 6.33. The Hall–Kier alpha value is -4.04. The summed E-state index contributed by atoms with van der Waals surface area (Å²) in [7, 11) is 0. The maximum atomic E-state index is 13.5. The molecule has 1 saturated carbocycles. The SMILES string of the molecule is Nc1ccc(NC(=O)N(Cc2ccc(C(=O)NCCC(=O)O)cc2)c2ccc(C3CCCCC3)cc2)cc1Cl. The Morgan fingerprint density at radius 3 is 2.28 bits per heavy atom. The third kappa shape index (κ3) is 7.74. The van der Waals surface area contributed by atoms with Gasteiger partial charge in [-0.25, -0.2) is 4.79 Å². The van der Waals surface area contributed by atoms with Crippen LogP contribution in [0, 0.1) is 0 Å². The van der Waals surface area contributed by atoms with E-state index < -0.39 is 5.97 Å². The molecule has 0 saturated heterocycles. The van der Waals surface area contributed by atoms with Crippen molar-refractivity contribution in [2.45, 2.75) is 51.0 Å². The van der Waals surface area contributed by atoms with Gasteiger partial charge in [-0.05, 0) is 72.4 Å². The molecule has 0 aromatic heterocycles. The van der Waals surface area contributed by atoms with Gasteiger partial charge in [0.2, 0.25) is 0 Å². The van der Waals surface area contributed by atoms with E-state index >= 15 is 0 Å². The van der Waals surface area contributed by atoms with Crippen LogP contribution in [0.2, 0.25) is 5.02 Å². The van der Waals surface area contributed by atoms with E-state index in [9.17, 15) is 14.4 Å². The van der Waals surface area contributed by atoms with Crippen LogP contribution in [0.1, 0.15) is 65.9 Å². The number of nitrogens with two attached hydrogens (primary N) is 1. The molecule has 204 valence electrons. The van der Waals surface area contributed by atoms with Crippen LogP contribution in [0.4, 0.5) is 21.9 Å². The number of nitrogens with one attached hydrogen (secondary N) is 2. The molecule has 8 nitrogen and oxygen atoms in total. The van der Waals surface area contributed by atoms with E-state index in [1.54, 1.807) is 47.4 Å². The number of anilines is 3. The smallest absolute Gasteiger partial charge is 0.326 e. The van der Waals surface area contributed by atoms with Gasteiger partial charge in [0.05, 0.1) is 23.7 Å². The fourth-order valence-corrected chi connectivity index (χ4v) is 4.95. The standard InChI is InChI=1S/C30H33ClN4O4/c31-26-18-24(12-15-27(26)32)34-30(39)35(25-13-10-22(11-14-25)21-4-2-1-3-5-21)19-20-6-8-23(9-7-20)29(38)33-17-16-28(36)37/h6-15,18,21H,1-5,16-17,19,32H2,(H,33,38)(H,34,39)(H,36,37). The van der Waals surface area contributed by atoms with Gasteiger partial charge in [0.1, 0.15) is 0 Å². The summed E-state index contributed by atoms with van der Waals surface area (Å²) in [5, 5.41) is 14.6. The second-order valence-corrected chi connectivity index (χ2v) is 10.2. The first-order valence-electron chi connectivity index (χ1n) is 13.1. The van der Waals surface area contributed by atoms with E-state index in [2.05, 4.69) is 22.8 Å². The number of carboxylic acids is 1. The van der Waals surface area contributed by atoms with Crippen LogP contribution in [0.25, 0.3) is 0 Å². The van der Waals surface area contributed by atoms with Gasteiger partial charge >= 0.3 is 12.0 Å². The zero-order valence-corrected chi connectivity index (χ0v) is 22.4. The lowest BCUT2D eigenvalue weighted by atomic mass is 9.84. The van der Waals surface area contributed by atoms with Crippen molar-refractivity contribution in [3.05, 3.63) is 88.4 Å². The van der Waals surface area contributed by atoms with Crippen LogP contribution in [0.3, 0.4) is 0 Å². The number of benzene rings is 3. The zero-order valence-electron chi connectivity index (χ0n) is 21.7. The average Bonchev–Trinajstić information content (AvgIpc) is 2.94. The molecule has 1 aliphatic carbocycles. The van der Waals surface area contributed by atoms with Crippen molar-refractivity contribution in [1.82, 2.24) is 5.32 Å². The number of carboxylic acid groups (broad SMARTS) is 1. The molecule has 4 rings (SSSR count). The van der Waals surface area contributed by atoms with Crippen LogP contribution in [0.5, 0.6) is 0 Å². The van der Waals surface area contributed by atoms with Crippen molar-refractivity contribution in [2.24, 2.45) is 0 Å². The normalized spacial score (nSPS) is 13.5. The molecule has 3 aromatic carbocycles. The number of carbonyl (C=O) groups is 3. The summed E-state index contributed by atoms with van der Waals surface area (Å²) in [6, 6.07) is 19.7. The molecule has 0 radical (unpaired) electrons. The van der Waals surface area contributed by atoms with E-state index in [0.29, 0.717) is 27.9 Å². The lowest BCUT2D eigenvalue weighted by molar-refractivity contribution is -0.136. The van der Waals surface area contributed by atoms with E-state index in [-0.39, 0.29) is 31.4 Å². The molecule has 0 heterocycles. The Morgan fingerprint density at radius 1 is 0.949 bits per heavy atom. The maximum absolute atomic E-state index is 13.5. The zero-order chi connectivity index (χ0) is 27.8. The van der Waals surface area contributed by atoms with Gasteiger partial charge in [0, 0.05) is 23.5 Å². The number of aliphatic carboxylic acids is 1. The number of urea groups is 1. The topological polar surface area (TPSA) is 125 Å². The van der Waals surface area contributed by atoms with Crippen LogP contribution in [-0.4, -0.2) is 29.6 Å². The van der Waals surface area contributed by atoms with Crippen LogP contribution >= 0.6 is 11.6 Å². The summed E-state index contributed by atoms with van der Waals surface area (Å²) in [4.78, 5) is 38.1. The summed E-state index contributed by atoms with van der Waals surface area (Å²) in [6.07, 6.45) is 6.03. The minimum absolute atomic E-state index is 0.0515. The highest BCUT2D eigenvalue weighted by atomic mass is 35.5. The monoisotopic (exact) mass is 548 g/mol. The Labute approximate surface area is 233 Å². The van der Waals surface area contributed by atoms with Crippen LogP contribution in [0.15, 0.2) is 66.7 Å². The number of amides is 3. The molecule has 0 spiro atoms. The van der Waals surface area contributed by atoms with Gasteiger partial charge in [-0.2, -0.15) is 0 Å². The van der Waals surface area contributed by atoms with E-state index in [1.165, 1.54) is 37.7 Å². The third-order valence-electron chi connectivity index (χ3n) is 6.96. The van der Waals surface area contributed by atoms with E-state index in [0.717, 1.165) is 11.3 Å². The molecule has 0 aliphatic heterocycles. The highest BCUT2D eigenvalue weighted by Gasteiger charge is 2.20. The molecule has 1 fully saturated rings. The number of rotatable bonds is 9. The number of carbonyl (C=O) groups excluding carboxylic acids is 2. The largest absolute Gasteiger partial charge is 0.481 e. The van der Waals surface area contributed by atoms with Gasteiger partial charge in [-0.3, -0.25) is 14.5 Å². The number of hydrogen-bond acceptors (Lipinski definition) is 4. The van der Waals surface area contributed by atoms with Crippen molar-refractivity contribution in [3.8, 4) is 0 Å². The lowest BCUT2D eigenvalue weighted by Gasteiger charge is -2.26. The Morgan fingerprint density at radius 2 is 1.64 bits per heavy atom. The van der Waals surface area contributed by atoms with Gasteiger partial charge in [-0.15, -0.1) is 0 Å². The molecular formula is C30H33ClN4O4. The maximum Gasteiger partial charge on any atom is 0.326 e. The molecule has 9 heteroatoms. The van der Waals surface area contributed by atoms with Crippen LogP contribution in [-0.2, 0) is 11.3 Å². The predicted octanol–water partition coefficient (Wildman–Crippen LogP) is 6.41. The molecule has 1 aliphatic rings. The predicted molar refractivity (Wildman–Crippen MR) is 154 cm³/mol. The molecule has 0 unspecified atom stereocenters. The van der Waals surface area contributed by atoms with Gasteiger partial charge < -0.3 is 21.5 Å². The lowest BCUT2D eigenvalue weighted by Crippen LogP contribution is -2.34. The van der Waals surface area contributed by atoms with Crippen molar-refractivity contribution >= 4 is 46.6 Å². The Kier molecular flexibility index (Phi) is 9.44. The second-order valence-electron chi connectivity index (χ2n) is 9.78. The molecule has 3 amide bonds. The second kappa shape index (κ2) is 13.2. The van der Waals surface area contributed by atoms with Crippen LogP contribution < -0.4 is 21.3 Å². The summed E-state index contributed by atoms with van der Waals surface area (Å²) in [6.45, 7) is 0.314. The first-order chi connectivity index (χ1) is 18.8. The van der Waals surface area contributed by atoms with Gasteiger partial charge in [0.15, 0.2) is 0 Å². The Balaban J connectivity index is 1.52. The average molecular weight is 549 g/mol. The van der Waals surface area contributed by atoms with E-state index in [4.69, 9.17) is 22.4 Å². The molecule has 5 N–H and O–H groups in total. The summed E-state index contributed by atoms with van der Waals surface area (Å²) < 4.78 is 0. The number of nitrogen functional groups attached to an aromatic ring is 1. The van der Waals surface area contributed by atoms with Gasteiger partial charge in [0.25, 0.3) is 5.91 Å². The van der Waals surface area contributed by atoms with Gasteiger partial charge in [-0.1, -0.05) is 55.1 Å². The number of nitrogens with zero attached hydrogens (tertiary/aromatic N) is 1. The Bertz CT molecular complexity index is 1310. The minimum atomic E-state index is -0.975. The molecule has 39 heavy (non-hydrogen) atoms. The van der Waals surface area contributed by atoms with Crippen molar-refractivity contribution in [2.75, 3.05) is 22.5 Å². The van der Waals surface area contributed by atoms with Crippen molar-refractivity contribution < 1.29 is 19.5 Å².